The van der Waals surface area contributed by atoms with Crippen LogP contribution in [0.25, 0.3) is 0 Å². The van der Waals surface area contributed by atoms with Crippen molar-refractivity contribution in [3.05, 3.63) is 0 Å². The van der Waals surface area contributed by atoms with Gasteiger partial charge in [-0.2, -0.15) is 0 Å². The number of hydrogen-bond donors (Lipinski definition) is 2. The quantitative estimate of drug-likeness (QED) is 0.487. The summed E-state index contributed by atoms with van der Waals surface area (Å²) in [6, 6.07) is 0. The number of carbonyl (C=O) groups excluding carboxylic acids is 1. The van der Waals surface area contributed by atoms with Gasteiger partial charge in [0.05, 0.1) is 13.7 Å². The largest absolute Gasteiger partial charge is 0.301 e. The van der Waals surface area contributed by atoms with Crippen LogP contribution in [0, 0.1) is 0 Å². The van der Waals surface area contributed by atoms with Gasteiger partial charge in [-0.3, -0.25) is 15.1 Å². The smallest absolute Gasteiger partial charge is 0.250 e. The number of hydrogen-bond acceptors (Lipinski definition) is 4. The highest BCUT2D eigenvalue weighted by Gasteiger charge is 1.99. The molecule has 0 spiro atoms. The highest BCUT2D eigenvalue weighted by atomic mass is 16.7. The molecule has 2 N–H and O–H groups in total. The van der Waals surface area contributed by atoms with Gasteiger partial charge in [0.1, 0.15) is 0 Å². The molecule has 0 aromatic carbocycles. The van der Waals surface area contributed by atoms with Crippen LogP contribution >= 0.6 is 0 Å². The summed E-state index contributed by atoms with van der Waals surface area (Å²) < 4.78 is 0. The van der Waals surface area contributed by atoms with Crippen molar-refractivity contribution in [2.24, 2.45) is 0 Å². The van der Waals surface area contributed by atoms with E-state index in [-0.39, 0.29) is 5.91 Å². The van der Waals surface area contributed by atoms with Crippen LogP contribution in [0.5, 0.6) is 0 Å². The molecule has 0 saturated heterocycles. The van der Waals surface area contributed by atoms with E-state index in [9.17, 15) is 4.79 Å². The number of likely N-dealkylation sites (N-methyl/N-ethyl adjacent to an activating group) is 1. The minimum absolute atomic E-state index is 0.133. The van der Waals surface area contributed by atoms with Crippen molar-refractivity contribution in [2.75, 3.05) is 27.7 Å². The summed E-state index contributed by atoms with van der Waals surface area (Å²) in [5.41, 5.74) is 4.54. The molecule has 5 heteroatoms. The summed E-state index contributed by atoms with van der Waals surface area (Å²) in [5, 5.41) is 0. The van der Waals surface area contributed by atoms with Gasteiger partial charge in [0.15, 0.2) is 0 Å². The van der Waals surface area contributed by atoms with Gasteiger partial charge >= 0.3 is 0 Å². The average Bonchev–Trinajstić information content (AvgIpc) is 1.82. The Kier molecular flexibility index (Phi) is 4.82. The van der Waals surface area contributed by atoms with Crippen molar-refractivity contribution in [3.63, 3.8) is 0 Å². The van der Waals surface area contributed by atoms with Crippen molar-refractivity contribution < 1.29 is 9.63 Å². The molecule has 0 unspecified atom stereocenters. The minimum atomic E-state index is -0.133. The molecule has 0 fully saturated rings. The number of rotatable bonds is 4. The van der Waals surface area contributed by atoms with Gasteiger partial charge in [-0.15, -0.1) is 5.59 Å². The van der Waals surface area contributed by atoms with Crippen molar-refractivity contribution >= 4 is 5.91 Å². The van der Waals surface area contributed by atoms with Gasteiger partial charge in [0.25, 0.3) is 0 Å². The molecule has 60 valence electrons. The minimum Gasteiger partial charge on any atom is -0.301 e. The maximum absolute atomic E-state index is 10.7. The molecule has 0 radical (unpaired) electrons. The van der Waals surface area contributed by atoms with Crippen LogP contribution in [0.1, 0.15) is 0 Å². The molecule has 0 rings (SSSR count). The molecule has 10 heavy (non-hydrogen) atoms. The lowest BCUT2D eigenvalue weighted by molar-refractivity contribution is -0.126. The van der Waals surface area contributed by atoms with E-state index in [4.69, 9.17) is 0 Å². The third-order valence-electron chi connectivity index (χ3n) is 0.752. The van der Waals surface area contributed by atoms with E-state index in [1.807, 2.05) is 14.1 Å². The zero-order chi connectivity index (χ0) is 7.98. The summed E-state index contributed by atoms with van der Waals surface area (Å²) in [4.78, 5) is 16.9. The second-order valence-electron chi connectivity index (χ2n) is 2.09. The summed E-state index contributed by atoms with van der Waals surface area (Å²) in [6.45, 7) is 0.344. The number of hydrazine groups is 1. The van der Waals surface area contributed by atoms with Gasteiger partial charge in [-0.1, -0.05) is 0 Å². The highest BCUT2D eigenvalue weighted by Crippen LogP contribution is 1.70. The molecule has 0 atom stereocenters. The number of nitrogens with zero attached hydrogens (tertiary/aromatic N) is 1. The van der Waals surface area contributed by atoms with Gasteiger partial charge in [-0.05, 0) is 14.1 Å². The van der Waals surface area contributed by atoms with E-state index in [0.717, 1.165) is 0 Å². The Morgan fingerprint density at radius 2 is 2.20 bits per heavy atom. The first-order valence-corrected chi connectivity index (χ1v) is 2.88. The lowest BCUT2D eigenvalue weighted by atomic mass is 10.6. The summed E-state index contributed by atoms with van der Waals surface area (Å²) in [6.07, 6.45) is 0. The van der Waals surface area contributed by atoms with Crippen molar-refractivity contribution in [2.45, 2.75) is 0 Å². The van der Waals surface area contributed by atoms with Crippen molar-refractivity contribution in [3.8, 4) is 0 Å². The van der Waals surface area contributed by atoms with Gasteiger partial charge in [-0.25, -0.2) is 0 Å². The Morgan fingerprint density at radius 3 is 2.60 bits per heavy atom. The Hall–Kier alpha value is -0.650. The molecule has 0 aromatic heterocycles. The third-order valence-corrected chi connectivity index (χ3v) is 0.752. The first-order valence-electron chi connectivity index (χ1n) is 2.88. The SMILES string of the molecule is CONNC(=O)CN(C)C. The third kappa shape index (κ3) is 5.49. The van der Waals surface area contributed by atoms with Crippen LogP contribution in [0.15, 0.2) is 0 Å². The molecule has 0 heterocycles. The predicted molar refractivity (Wildman–Crippen MR) is 36.8 cm³/mol. The van der Waals surface area contributed by atoms with E-state index in [2.05, 4.69) is 15.9 Å². The lowest BCUT2D eigenvalue weighted by Gasteiger charge is -2.08. The topological polar surface area (TPSA) is 53.6 Å². The fourth-order valence-electron chi connectivity index (χ4n) is 0.435. The van der Waals surface area contributed by atoms with Crippen LogP contribution in [-0.4, -0.2) is 38.6 Å². The summed E-state index contributed by atoms with van der Waals surface area (Å²) in [7, 11) is 5.05. The number of carbonyl (C=O) groups is 1. The zero-order valence-corrected chi connectivity index (χ0v) is 6.47. The summed E-state index contributed by atoms with van der Waals surface area (Å²) in [5.74, 6) is -0.133. The second kappa shape index (κ2) is 5.16. The van der Waals surface area contributed by atoms with Gasteiger partial charge < -0.3 is 4.90 Å². The second-order valence-corrected chi connectivity index (χ2v) is 2.09. The standard InChI is InChI=1S/C5H13N3O2/c1-8(2)4-5(9)6-7-10-3/h7H,4H2,1-3H3,(H,6,9). The first kappa shape index (κ1) is 9.35. The van der Waals surface area contributed by atoms with Crippen LogP contribution < -0.4 is 11.0 Å². The van der Waals surface area contributed by atoms with Crippen LogP contribution in [-0.2, 0) is 9.63 Å². The van der Waals surface area contributed by atoms with Gasteiger partial charge in [0, 0.05) is 0 Å². The maximum Gasteiger partial charge on any atom is 0.250 e. The molecular formula is C5H13N3O2. The van der Waals surface area contributed by atoms with E-state index < -0.39 is 0 Å². The highest BCUT2D eigenvalue weighted by molar-refractivity contribution is 5.77. The van der Waals surface area contributed by atoms with Gasteiger partial charge in [0.2, 0.25) is 5.91 Å². The normalized spacial score (nSPS) is 10.0. The fourth-order valence-corrected chi connectivity index (χ4v) is 0.435. The van der Waals surface area contributed by atoms with Crippen LogP contribution in [0.2, 0.25) is 0 Å². The lowest BCUT2D eigenvalue weighted by Crippen LogP contribution is -2.41. The summed E-state index contributed by atoms with van der Waals surface area (Å²) >= 11 is 0. The molecule has 0 aromatic rings. The Morgan fingerprint density at radius 1 is 1.60 bits per heavy atom. The van der Waals surface area contributed by atoms with Crippen LogP contribution in [0.3, 0.4) is 0 Å². The Balaban J connectivity index is 3.26. The fraction of sp³-hybridized carbons (Fsp3) is 0.800. The molecule has 0 aliphatic heterocycles. The average molecular weight is 147 g/mol. The number of nitrogens with one attached hydrogen (secondary N) is 2. The molecule has 0 aliphatic rings. The molecule has 5 nitrogen and oxygen atoms in total. The Bertz CT molecular complexity index is 105. The van der Waals surface area contributed by atoms with E-state index in [1.54, 1.807) is 4.90 Å². The molecule has 0 bridgehead atoms. The predicted octanol–water partition coefficient (Wildman–Crippen LogP) is -1.27. The maximum atomic E-state index is 10.7. The van der Waals surface area contributed by atoms with E-state index in [1.165, 1.54) is 7.11 Å². The Labute approximate surface area is 60.3 Å². The van der Waals surface area contributed by atoms with Crippen molar-refractivity contribution in [1.29, 1.82) is 0 Å². The zero-order valence-electron chi connectivity index (χ0n) is 6.47. The molecule has 0 saturated carbocycles. The van der Waals surface area contributed by atoms with E-state index >= 15 is 0 Å². The van der Waals surface area contributed by atoms with E-state index in [0.29, 0.717) is 6.54 Å². The molecule has 1 amide bonds. The van der Waals surface area contributed by atoms with Crippen LogP contribution in [0.4, 0.5) is 0 Å². The monoisotopic (exact) mass is 147 g/mol. The van der Waals surface area contributed by atoms with Crippen molar-refractivity contribution in [1.82, 2.24) is 15.9 Å². The number of amides is 1. The first-order chi connectivity index (χ1) is 4.66. The molecular weight excluding hydrogens is 134 g/mol. The molecule has 0 aliphatic carbocycles.